The molecular formula is C17H13FN2S. The molecule has 0 amide bonds. The van der Waals surface area contributed by atoms with Crippen LogP contribution >= 0.6 is 11.3 Å². The molecule has 0 aliphatic rings. The Kier molecular flexibility index (Phi) is 2.79. The predicted octanol–water partition coefficient (Wildman–Crippen LogP) is 4.75. The van der Waals surface area contributed by atoms with Gasteiger partial charge in [-0.3, -0.25) is 0 Å². The Morgan fingerprint density at radius 1 is 1.10 bits per heavy atom. The summed E-state index contributed by atoms with van der Waals surface area (Å²) >= 11 is 1.66. The molecule has 0 bridgehead atoms. The van der Waals surface area contributed by atoms with E-state index in [1.54, 1.807) is 17.4 Å². The van der Waals surface area contributed by atoms with Gasteiger partial charge in [-0.15, -0.1) is 11.3 Å². The molecule has 4 aromatic rings. The number of para-hydroxylation sites is 1. The Hall–Kier alpha value is -2.20. The highest BCUT2D eigenvalue weighted by molar-refractivity contribution is 7.18. The van der Waals surface area contributed by atoms with Gasteiger partial charge in [-0.1, -0.05) is 36.4 Å². The molecule has 0 spiro atoms. The van der Waals surface area contributed by atoms with Crippen LogP contribution in [-0.4, -0.2) is 9.55 Å². The topological polar surface area (TPSA) is 17.8 Å². The van der Waals surface area contributed by atoms with Crippen molar-refractivity contribution in [3.05, 3.63) is 64.9 Å². The molecule has 0 aliphatic heterocycles. The monoisotopic (exact) mass is 296 g/mol. The first kappa shape index (κ1) is 12.5. The van der Waals surface area contributed by atoms with E-state index in [9.17, 15) is 4.39 Å². The number of hydrogen-bond acceptors (Lipinski definition) is 2. The van der Waals surface area contributed by atoms with Crippen molar-refractivity contribution in [3.8, 4) is 0 Å². The summed E-state index contributed by atoms with van der Waals surface area (Å²) in [5, 5.41) is 2.17. The third-order valence-corrected chi connectivity index (χ3v) is 4.69. The summed E-state index contributed by atoms with van der Waals surface area (Å²) in [7, 11) is 0. The van der Waals surface area contributed by atoms with E-state index >= 15 is 0 Å². The van der Waals surface area contributed by atoms with Crippen LogP contribution in [0.25, 0.3) is 21.3 Å². The summed E-state index contributed by atoms with van der Waals surface area (Å²) in [6.45, 7) is 2.53. The van der Waals surface area contributed by atoms with Crippen molar-refractivity contribution in [1.29, 1.82) is 0 Å². The van der Waals surface area contributed by atoms with Gasteiger partial charge in [0.2, 0.25) is 0 Å². The molecule has 0 saturated carbocycles. The van der Waals surface area contributed by atoms with Crippen LogP contribution < -0.4 is 0 Å². The van der Waals surface area contributed by atoms with Crippen LogP contribution in [0.4, 0.5) is 4.39 Å². The molecule has 21 heavy (non-hydrogen) atoms. The van der Waals surface area contributed by atoms with Gasteiger partial charge in [0, 0.05) is 10.9 Å². The largest absolute Gasteiger partial charge is 0.326 e. The molecule has 0 aliphatic carbocycles. The molecule has 104 valence electrons. The minimum absolute atomic E-state index is 0.162. The number of fused-ring (bicyclic) bond motifs is 3. The van der Waals surface area contributed by atoms with Gasteiger partial charge in [0.1, 0.15) is 16.2 Å². The highest BCUT2D eigenvalue weighted by atomic mass is 32.1. The average molecular weight is 296 g/mol. The van der Waals surface area contributed by atoms with E-state index in [0.717, 1.165) is 26.3 Å². The number of rotatable bonds is 2. The van der Waals surface area contributed by atoms with E-state index in [1.165, 1.54) is 6.07 Å². The second kappa shape index (κ2) is 4.67. The summed E-state index contributed by atoms with van der Waals surface area (Å²) in [6, 6.07) is 15.1. The fourth-order valence-corrected chi connectivity index (χ4v) is 3.69. The fraction of sp³-hybridized carbons (Fsp3) is 0.118. The second-order valence-electron chi connectivity index (χ2n) is 5.08. The first-order valence-electron chi connectivity index (χ1n) is 6.82. The summed E-state index contributed by atoms with van der Waals surface area (Å²) < 4.78 is 16.1. The van der Waals surface area contributed by atoms with Crippen molar-refractivity contribution in [2.45, 2.75) is 13.5 Å². The number of nitrogens with zero attached hydrogens (tertiary/aromatic N) is 2. The number of hydrogen-bond donors (Lipinski definition) is 0. The van der Waals surface area contributed by atoms with Crippen molar-refractivity contribution >= 4 is 32.6 Å². The second-order valence-corrected chi connectivity index (χ2v) is 6.26. The van der Waals surface area contributed by atoms with Crippen LogP contribution in [0.2, 0.25) is 0 Å². The zero-order valence-corrected chi connectivity index (χ0v) is 12.3. The third-order valence-electron chi connectivity index (χ3n) is 3.70. The molecule has 2 aromatic carbocycles. The van der Waals surface area contributed by atoms with Gasteiger partial charge in [-0.2, -0.15) is 0 Å². The van der Waals surface area contributed by atoms with Gasteiger partial charge in [0.05, 0.1) is 17.1 Å². The number of benzene rings is 2. The maximum absolute atomic E-state index is 14.0. The quantitative estimate of drug-likeness (QED) is 0.522. The van der Waals surface area contributed by atoms with Crippen molar-refractivity contribution in [3.63, 3.8) is 0 Å². The predicted molar refractivity (Wildman–Crippen MR) is 85.4 cm³/mol. The van der Waals surface area contributed by atoms with E-state index in [1.807, 2.05) is 31.2 Å². The van der Waals surface area contributed by atoms with E-state index in [4.69, 9.17) is 0 Å². The fourth-order valence-electron chi connectivity index (χ4n) is 2.75. The standard InChI is InChI=1S/C17H13FN2S/c1-11-19-16-13-7-3-5-9-15(13)20(17(16)21-11)10-12-6-2-4-8-14(12)18/h2-9H,10H2,1H3. The zero-order chi connectivity index (χ0) is 14.4. The molecule has 0 radical (unpaired) electrons. The zero-order valence-electron chi connectivity index (χ0n) is 11.5. The Bertz CT molecular complexity index is 952. The minimum atomic E-state index is -0.162. The van der Waals surface area contributed by atoms with Crippen LogP contribution in [0.5, 0.6) is 0 Å². The van der Waals surface area contributed by atoms with Crippen LogP contribution in [-0.2, 0) is 6.54 Å². The van der Waals surface area contributed by atoms with Gasteiger partial charge in [-0.25, -0.2) is 9.37 Å². The minimum Gasteiger partial charge on any atom is -0.326 e. The molecule has 0 N–H and O–H groups in total. The molecule has 2 aromatic heterocycles. The molecule has 4 heteroatoms. The summed E-state index contributed by atoms with van der Waals surface area (Å²) in [5.41, 5.74) is 2.82. The average Bonchev–Trinajstić information content (AvgIpc) is 2.99. The van der Waals surface area contributed by atoms with Crippen molar-refractivity contribution < 1.29 is 4.39 Å². The number of aryl methyl sites for hydroxylation is 1. The molecule has 0 unspecified atom stereocenters. The maximum atomic E-state index is 14.0. The maximum Gasteiger partial charge on any atom is 0.128 e. The van der Waals surface area contributed by atoms with Crippen LogP contribution in [0, 0.1) is 12.7 Å². The first-order chi connectivity index (χ1) is 10.2. The van der Waals surface area contributed by atoms with E-state index < -0.39 is 0 Å². The normalized spacial score (nSPS) is 11.5. The highest BCUT2D eigenvalue weighted by Crippen LogP contribution is 2.33. The molecule has 0 fully saturated rings. The Labute approximate surface area is 125 Å². The Morgan fingerprint density at radius 3 is 2.71 bits per heavy atom. The molecule has 2 heterocycles. The molecule has 2 nitrogen and oxygen atoms in total. The first-order valence-corrected chi connectivity index (χ1v) is 7.63. The van der Waals surface area contributed by atoms with Crippen LogP contribution in [0.1, 0.15) is 10.6 Å². The summed E-state index contributed by atoms with van der Waals surface area (Å²) in [5.74, 6) is -0.162. The smallest absolute Gasteiger partial charge is 0.128 e. The van der Waals surface area contributed by atoms with Gasteiger partial charge < -0.3 is 4.57 Å². The highest BCUT2D eigenvalue weighted by Gasteiger charge is 2.15. The lowest BCUT2D eigenvalue weighted by Gasteiger charge is -2.07. The number of halogens is 1. The van der Waals surface area contributed by atoms with Crippen molar-refractivity contribution in [2.24, 2.45) is 0 Å². The lowest BCUT2D eigenvalue weighted by molar-refractivity contribution is 0.604. The van der Waals surface area contributed by atoms with E-state index in [-0.39, 0.29) is 5.82 Å². The van der Waals surface area contributed by atoms with Crippen molar-refractivity contribution in [2.75, 3.05) is 0 Å². The van der Waals surface area contributed by atoms with E-state index in [0.29, 0.717) is 12.1 Å². The lowest BCUT2D eigenvalue weighted by atomic mass is 10.2. The van der Waals surface area contributed by atoms with Crippen LogP contribution in [0.3, 0.4) is 0 Å². The van der Waals surface area contributed by atoms with Gasteiger partial charge >= 0.3 is 0 Å². The van der Waals surface area contributed by atoms with Gasteiger partial charge in [0.25, 0.3) is 0 Å². The summed E-state index contributed by atoms with van der Waals surface area (Å²) in [4.78, 5) is 5.74. The van der Waals surface area contributed by atoms with Gasteiger partial charge in [-0.05, 0) is 19.1 Å². The number of thiazole rings is 1. The summed E-state index contributed by atoms with van der Waals surface area (Å²) in [6.07, 6.45) is 0. The number of aromatic nitrogens is 2. The van der Waals surface area contributed by atoms with E-state index in [2.05, 4.69) is 21.7 Å². The third kappa shape index (κ3) is 1.94. The lowest BCUT2D eigenvalue weighted by Crippen LogP contribution is -2.00. The van der Waals surface area contributed by atoms with Crippen LogP contribution in [0.15, 0.2) is 48.5 Å². The van der Waals surface area contributed by atoms with Crippen molar-refractivity contribution in [1.82, 2.24) is 9.55 Å². The van der Waals surface area contributed by atoms with Gasteiger partial charge in [0.15, 0.2) is 0 Å². The SMILES string of the molecule is Cc1nc2c3ccccc3n(Cc3ccccc3F)c2s1. The molecule has 0 saturated heterocycles. The molecule has 0 atom stereocenters. The molecular weight excluding hydrogens is 283 g/mol. The molecule has 4 rings (SSSR count). The Morgan fingerprint density at radius 2 is 1.86 bits per heavy atom. The Balaban J connectivity index is 1.99.